The molecule has 2 aromatic carbocycles. The van der Waals surface area contributed by atoms with Gasteiger partial charge in [0, 0.05) is 11.4 Å². The lowest BCUT2D eigenvalue weighted by Gasteiger charge is -2.25. The van der Waals surface area contributed by atoms with Crippen molar-refractivity contribution in [3.8, 4) is 0 Å². The number of amides is 1. The summed E-state index contributed by atoms with van der Waals surface area (Å²) in [7, 11) is 0. The summed E-state index contributed by atoms with van der Waals surface area (Å²) in [5.41, 5.74) is 9.36. The zero-order valence-electron chi connectivity index (χ0n) is 10.8. The maximum absolute atomic E-state index is 12.3. The van der Waals surface area contributed by atoms with Crippen LogP contribution in [0.25, 0.3) is 0 Å². The lowest BCUT2D eigenvalue weighted by molar-refractivity contribution is -0.116. The number of rotatable bonds is 1. The largest absolute Gasteiger partial charge is 0.399 e. The number of benzene rings is 2. The van der Waals surface area contributed by atoms with Crippen LogP contribution in [0.3, 0.4) is 0 Å². The molecule has 1 atom stereocenters. The van der Waals surface area contributed by atoms with Gasteiger partial charge in [-0.05, 0) is 36.4 Å². The maximum Gasteiger partial charge on any atom is 0.249 e. The SMILES string of the molecule is Nc1ccc(N2CC(=O)N3c4ccccc4NC23)cc1. The van der Waals surface area contributed by atoms with Crippen LogP contribution in [-0.2, 0) is 4.79 Å². The number of carbonyl (C=O) groups is 1. The van der Waals surface area contributed by atoms with Crippen LogP contribution >= 0.6 is 0 Å². The number of fused-ring (bicyclic) bond motifs is 3. The Balaban J connectivity index is 1.73. The van der Waals surface area contributed by atoms with Gasteiger partial charge < -0.3 is 16.0 Å². The second-order valence-electron chi connectivity index (χ2n) is 5.02. The number of hydrogen-bond acceptors (Lipinski definition) is 4. The minimum Gasteiger partial charge on any atom is -0.399 e. The molecule has 0 aromatic heterocycles. The first-order valence-corrected chi connectivity index (χ1v) is 6.54. The van der Waals surface area contributed by atoms with Crippen molar-refractivity contribution in [1.82, 2.24) is 0 Å². The van der Waals surface area contributed by atoms with Gasteiger partial charge in [-0.2, -0.15) is 0 Å². The van der Waals surface area contributed by atoms with Crippen molar-refractivity contribution in [3.63, 3.8) is 0 Å². The Bertz CT molecular complexity index is 683. The molecule has 0 spiro atoms. The predicted molar refractivity (Wildman–Crippen MR) is 79.5 cm³/mol. The molecule has 5 heteroatoms. The molecule has 4 rings (SSSR count). The highest BCUT2D eigenvalue weighted by Gasteiger charge is 2.43. The first-order chi connectivity index (χ1) is 9.74. The number of nitrogens with two attached hydrogens (primary N) is 1. The molecular weight excluding hydrogens is 252 g/mol. The molecule has 2 aliphatic heterocycles. The topological polar surface area (TPSA) is 61.6 Å². The van der Waals surface area contributed by atoms with Crippen molar-refractivity contribution in [1.29, 1.82) is 0 Å². The Morgan fingerprint density at radius 1 is 1.10 bits per heavy atom. The number of carbonyl (C=O) groups excluding carboxylic acids is 1. The molecule has 1 saturated heterocycles. The quantitative estimate of drug-likeness (QED) is 0.773. The van der Waals surface area contributed by atoms with Gasteiger partial charge in [0.1, 0.15) is 6.54 Å². The van der Waals surface area contributed by atoms with E-state index in [0.29, 0.717) is 6.54 Å². The molecule has 0 saturated carbocycles. The fourth-order valence-corrected chi connectivity index (χ4v) is 2.84. The standard InChI is InChI=1S/C15H14N4O/c16-10-5-7-11(8-6-10)18-9-14(20)19-13-4-2-1-3-12(13)17-15(18)19/h1-8,15,17H,9,16H2. The average Bonchev–Trinajstić information content (AvgIpc) is 2.98. The van der Waals surface area contributed by atoms with Crippen LogP contribution in [0, 0.1) is 0 Å². The van der Waals surface area contributed by atoms with Gasteiger partial charge in [-0.3, -0.25) is 9.69 Å². The molecule has 0 bridgehead atoms. The van der Waals surface area contributed by atoms with Crippen LogP contribution in [0.2, 0.25) is 0 Å². The molecule has 5 nitrogen and oxygen atoms in total. The summed E-state index contributed by atoms with van der Waals surface area (Å²) in [6.07, 6.45) is -0.150. The third kappa shape index (κ3) is 1.46. The Kier molecular flexibility index (Phi) is 2.18. The van der Waals surface area contributed by atoms with E-state index in [0.717, 1.165) is 22.7 Å². The third-order valence-corrected chi connectivity index (χ3v) is 3.79. The molecule has 0 radical (unpaired) electrons. The fraction of sp³-hybridized carbons (Fsp3) is 0.133. The zero-order chi connectivity index (χ0) is 13.7. The van der Waals surface area contributed by atoms with Crippen LogP contribution in [-0.4, -0.2) is 18.7 Å². The Morgan fingerprint density at radius 3 is 2.65 bits per heavy atom. The normalized spacial score (nSPS) is 19.8. The Hall–Kier alpha value is -2.69. The summed E-state index contributed by atoms with van der Waals surface area (Å²) >= 11 is 0. The Labute approximate surface area is 116 Å². The summed E-state index contributed by atoms with van der Waals surface area (Å²) in [6.45, 7) is 0.371. The second kappa shape index (κ2) is 3.90. The van der Waals surface area contributed by atoms with Crippen LogP contribution in [0.5, 0.6) is 0 Å². The molecular formula is C15H14N4O. The first-order valence-electron chi connectivity index (χ1n) is 6.54. The van der Waals surface area contributed by atoms with E-state index in [9.17, 15) is 4.79 Å². The minimum atomic E-state index is -0.150. The van der Waals surface area contributed by atoms with Crippen molar-refractivity contribution in [3.05, 3.63) is 48.5 Å². The van der Waals surface area contributed by atoms with E-state index in [-0.39, 0.29) is 12.2 Å². The summed E-state index contributed by atoms with van der Waals surface area (Å²) in [5, 5.41) is 3.39. The fourth-order valence-electron chi connectivity index (χ4n) is 2.84. The summed E-state index contributed by atoms with van der Waals surface area (Å²) < 4.78 is 0. The number of para-hydroxylation sites is 2. The van der Waals surface area contributed by atoms with Gasteiger partial charge in [-0.25, -0.2) is 0 Å². The number of nitrogens with zero attached hydrogens (tertiary/aromatic N) is 2. The van der Waals surface area contributed by atoms with Gasteiger partial charge in [0.15, 0.2) is 6.29 Å². The maximum atomic E-state index is 12.3. The number of nitrogen functional groups attached to an aromatic ring is 1. The first kappa shape index (κ1) is 11.2. The van der Waals surface area contributed by atoms with E-state index in [4.69, 9.17) is 5.73 Å². The molecule has 2 aliphatic rings. The van der Waals surface area contributed by atoms with E-state index in [1.165, 1.54) is 0 Å². The van der Waals surface area contributed by atoms with Gasteiger partial charge in [-0.15, -0.1) is 0 Å². The van der Waals surface area contributed by atoms with Crippen LogP contribution in [0.4, 0.5) is 22.7 Å². The van der Waals surface area contributed by atoms with E-state index in [1.807, 2.05) is 58.3 Å². The Morgan fingerprint density at radius 2 is 1.85 bits per heavy atom. The number of anilines is 4. The van der Waals surface area contributed by atoms with Crippen molar-refractivity contribution < 1.29 is 4.79 Å². The highest BCUT2D eigenvalue weighted by molar-refractivity contribution is 6.06. The van der Waals surface area contributed by atoms with Crippen molar-refractivity contribution in [2.45, 2.75) is 6.29 Å². The van der Waals surface area contributed by atoms with E-state index < -0.39 is 0 Å². The van der Waals surface area contributed by atoms with E-state index in [1.54, 1.807) is 0 Å². The monoisotopic (exact) mass is 266 g/mol. The second-order valence-corrected chi connectivity index (χ2v) is 5.02. The van der Waals surface area contributed by atoms with Gasteiger partial charge in [0.25, 0.3) is 0 Å². The lowest BCUT2D eigenvalue weighted by atomic mass is 10.2. The highest BCUT2D eigenvalue weighted by atomic mass is 16.2. The van der Waals surface area contributed by atoms with Crippen molar-refractivity contribution in [2.75, 3.05) is 27.4 Å². The predicted octanol–water partition coefficient (Wildman–Crippen LogP) is 1.83. The van der Waals surface area contributed by atoms with E-state index >= 15 is 0 Å². The molecule has 100 valence electrons. The van der Waals surface area contributed by atoms with Gasteiger partial charge in [0.05, 0.1) is 11.4 Å². The average molecular weight is 266 g/mol. The molecule has 20 heavy (non-hydrogen) atoms. The molecule has 1 fully saturated rings. The summed E-state index contributed by atoms with van der Waals surface area (Å²) in [6, 6.07) is 15.4. The van der Waals surface area contributed by atoms with Crippen LogP contribution in [0.1, 0.15) is 0 Å². The molecule has 3 N–H and O–H groups in total. The van der Waals surface area contributed by atoms with Crippen LogP contribution in [0.15, 0.2) is 48.5 Å². The molecule has 2 aromatic rings. The van der Waals surface area contributed by atoms with Crippen molar-refractivity contribution >= 4 is 28.7 Å². The molecule has 0 aliphatic carbocycles. The molecule has 1 unspecified atom stereocenters. The molecule has 2 heterocycles. The number of nitrogens with one attached hydrogen (secondary N) is 1. The molecule has 1 amide bonds. The van der Waals surface area contributed by atoms with E-state index in [2.05, 4.69) is 5.32 Å². The number of hydrogen-bond donors (Lipinski definition) is 2. The smallest absolute Gasteiger partial charge is 0.249 e. The van der Waals surface area contributed by atoms with Gasteiger partial charge >= 0.3 is 0 Å². The van der Waals surface area contributed by atoms with Crippen molar-refractivity contribution in [2.24, 2.45) is 0 Å². The van der Waals surface area contributed by atoms with Crippen LogP contribution < -0.4 is 20.9 Å². The summed E-state index contributed by atoms with van der Waals surface area (Å²) in [5.74, 6) is 0.101. The lowest BCUT2D eigenvalue weighted by Crippen LogP contribution is -2.41. The summed E-state index contributed by atoms with van der Waals surface area (Å²) in [4.78, 5) is 16.1. The van der Waals surface area contributed by atoms with Gasteiger partial charge in [-0.1, -0.05) is 12.1 Å². The third-order valence-electron chi connectivity index (χ3n) is 3.79. The van der Waals surface area contributed by atoms with Gasteiger partial charge in [0.2, 0.25) is 5.91 Å². The minimum absolute atomic E-state index is 0.101. The highest BCUT2D eigenvalue weighted by Crippen LogP contribution is 2.39. The zero-order valence-corrected chi connectivity index (χ0v) is 10.8.